The molecule has 1 saturated heterocycles. The minimum absolute atomic E-state index is 0.0829. The molecule has 0 atom stereocenters. The SMILES string of the molecule is Cc1nc(COc2ccc(/C=C/C(=O)N3CCCN(C)CC3)cc2)cs1. The van der Waals surface area contributed by atoms with Crippen molar-refractivity contribution in [2.24, 2.45) is 0 Å². The molecule has 1 fully saturated rings. The maximum Gasteiger partial charge on any atom is 0.246 e. The number of ether oxygens (including phenoxy) is 1. The lowest BCUT2D eigenvalue weighted by Gasteiger charge is -2.18. The lowest BCUT2D eigenvalue weighted by molar-refractivity contribution is -0.125. The van der Waals surface area contributed by atoms with Crippen LogP contribution in [-0.2, 0) is 11.4 Å². The summed E-state index contributed by atoms with van der Waals surface area (Å²) >= 11 is 1.63. The van der Waals surface area contributed by atoms with E-state index in [2.05, 4.69) is 16.9 Å². The molecule has 1 aromatic heterocycles. The molecule has 1 amide bonds. The van der Waals surface area contributed by atoms with E-state index in [9.17, 15) is 4.79 Å². The molecule has 2 aromatic rings. The summed E-state index contributed by atoms with van der Waals surface area (Å²) < 4.78 is 5.75. The van der Waals surface area contributed by atoms with E-state index >= 15 is 0 Å². The standard InChI is InChI=1S/C20H25N3O2S/c1-16-21-18(15-26-16)14-25-19-7-4-17(5-8-19)6-9-20(24)23-11-3-10-22(2)12-13-23/h4-9,15H,3,10-14H2,1-2H3/b9-6+. The van der Waals surface area contributed by atoms with Gasteiger partial charge in [0.1, 0.15) is 12.4 Å². The lowest BCUT2D eigenvalue weighted by Crippen LogP contribution is -2.33. The Morgan fingerprint density at radius 2 is 2.04 bits per heavy atom. The van der Waals surface area contributed by atoms with Gasteiger partial charge in [0.05, 0.1) is 10.7 Å². The summed E-state index contributed by atoms with van der Waals surface area (Å²) in [5, 5.41) is 3.06. The highest BCUT2D eigenvalue weighted by Crippen LogP contribution is 2.16. The molecule has 26 heavy (non-hydrogen) atoms. The van der Waals surface area contributed by atoms with Gasteiger partial charge in [0.2, 0.25) is 5.91 Å². The van der Waals surface area contributed by atoms with Crippen molar-refractivity contribution in [2.75, 3.05) is 33.2 Å². The van der Waals surface area contributed by atoms with Crippen molar-refractivity contribution in [3.63, 3.8) is 0 Å². The number of thiazole rings is 1. The molecular formula is C20H25N3O2S. The number of carbonyl (C=O) groups is 1. The molecular weight excluding hydrogens is 346 g/mol. The Hall–Kier alpha value is -2.18. The third kappa shape index (κ3) is 5.41. The third-order valence-electron chi connectivity index (χ3n) is 4.38. The summed E-state index contributed by atoms with van der Waals surface area (Å²) in [4.78, 5) is 20.9. The second-order valence-corrected chi connectivity index (χ2v) is 7.59. The summed E-state index contributed by atoms with van der Waals surface area (Å²) in [7, 11) is 2.10. The van der Waals surface area contributed by atoms with Crippen molar-refractivity contribution in [2.45, 2.75) is 20.0 Å². The molecule has 138 valence electrons. The largest absolute Gasteiger partial charge is 0.487 e. The normalized spacial score (nSPS) is 16.0. The molecule has 1 aliphatic rings. The van der Waals surface area contributed by atoms with Gasteiger partial charge in [0, 0.05) is 31.1 Å². The summed E-state index contributed by atoms with van der Waals surface area (Å²) in [5.74, 6) is 0.884. The van der Waals surface area contributed by atoms with Crippen LogP contribution >= 0.6 is 11.3 Å². The second-order valence-electron chi connectivity index (χ2n) is 6.53. The van der Waals surface area contributed by atoms with Gasteiger partial charge in [-0.15, -0.1) is 11.3 Å². The Bertz CT molecular complexity index is 755. The third-order valence-corrected chi connectivity index (χ3v) is 5.21. The maximum absolute atomic E-state index is 12.3. The van der Waals surface area contributed by atoms with E-state index in [0.717, 1.165) is 54.6 Å². The Kier molecular flexibility index (Phi) is 6.41. The van der Waals surface area contributed by atoms with E-state index in [-0.39, 0.29) is 5.91 Å². The molecule has 1 aliphatic heterocycles. The second kappa shape index (κ2) is 8.96. The predicted molar refractivity (Wildman–Crippen MR) is 105 cm³/mol. The smallest absolute Gasteiger partial charge is 0.246 e. The monoisotopic (exact) mass is 371 g/mol. The molecule has 0 aliphatic carbocycles. The van der Waals surface area contributed by atoms with E-state index < -0.39 is 0 Å². The quantitative estimate of drug-likeness (QED) is 0.757. The van der Waals surface area contributed by atoms with Crippen LogP contribution in [0.2, 0.25) is 0 Å². The zero-order chi connectivity index (χ0) is 18.4. The number of nitrogens with zero attached hydrogens (tertiary/aromatic N) is 3. The van der Waals surface area contributed by atoms with Gasteiger partial charge in [0.15, 0.2) is 0 Å². The molecule has 5 nitrogen and oxygen atoms in total. The number of benzene rings is 1. The number of likely N-dealkylation sites (N-methyl/N-ethyl adjacent to an activating group) is 1. The fourth-order valence-corrected chi connectivity index (χ4v) is 3.44. The number of rotatable bonds is 5. The Balaban J connectivity index is 1.51. The zero-order valence-electron chi connectivity index (χ0n) is 15.4. The van der Waals surface area contributed by atoms with Crippen LogP contribution in [0.25, 0.3) is 6.08 Å². The van der Waals surface area contributed by atoms with Gasteiger partial charge in [-0.05, 0) is 50.7 Å². The summed E-state index contributed by atoms with van der Waals surface area (Å²) in [6.07, 6.45) is 4.56. The van der Waals surface area contributed by atoms with Gasteiger partial charge >= 0.3 is 0 Å². The molecule has 1 aromatic carbocycles. The Morgan fingerprint density at radius 3 is 2.77 bits per heavy atom. The van der Waals surface area contributed by atoms with Gasteiger partial charge in [-0.3, -0.25) is 4.79 Å². The lowest BCUT2D eigenvalue weighted by atomic mass is 10.2. The number of aryl methyl sites for hydroxylation is 1. The van der Waals surface area contributed by atoms with Crippen molar-refractivity contribution in [1.29, 1.82) is 0 Å². The molecule has 0 unspecified atom stereocenters. The van der Waals surface area contributed by atoms with Gasteiger partial charge in [-0.25, -0.2) is 4.98 Å². The van der Waals surface area contributed by atoms with Crippen LogP contribution in [-0.4, -0.2) is 53.9 Å². The Morgan fingerprint density at radius 1 is 1.23 bits per heavy atom. The van der Waals surface area contributed by atoms with Crippen LogP contribution in [0.5, 0.6) is 5.75 Å². The molecule has 0 saturated carbocycles. The zero-order valence-corrected chi connectivity index (χ0v) is 16.2. The van der Waals surface area contributed by atoms with Gasteiger partial charge in [-0.1, -0.05) is 12.1 Å². The maximum atomic E-state index is 12.3. The minimum Gasteiger partial charge on any atom is -0.487 e. The minimum atomic E-state index is 0.0829. The van der Waals surface area contributed by atoms with Crippen molar-refractivity contribution >= 4 is 23.3 Å². The first-order valence-corrected chi connectivity index (χ1v) is 9.77. The van der Waals surface area contributed by atoms with E-state index in [1.54, 1.807) is 17.4 Å². The first kappa shape index (κ1) is 18.6. The van der Waals surface area contributed by atoms with Crippen LogP contribution in [0.4, 0.5) is 0 Å². The molecule has 0 N–H and O–H groups in total. The highest BCUT2D eigenvalue weighted by molar-refractivity contribution is 7.09. The number of hydrogen-bond acceptors (Lipinski definition) is 5. The van der Waals surface area contributed by atoms with Gasteiger partial charge in [0.25, 0.3) is 0 Å². The predicted octanol–water partition coefficient (Wildman–Crippen LogP) is 3.21. The van der Waals surface area contributed by atoms with Crippen LogP contribution in [0, 0.1) is 6.92 Å². The highest BCUT2D eigenvalue weighted by Gasteiger charge is 2.15. The van der Waals surface area contributed by atoms with Crippen molar-refractivity contribution in [1.82, 2.24) is 14.8 Å². The number of amides is 1. The fourth-order valence-electron chi connectivity index (χ4n) is 2.85. The van der Waals surface area contributed by atoms with Crippen molar-refractivity contribution in [3.8, 4) is 5.75 Å². The van der Waals surface area contributed by atoms with Crippen LogP contribution in [0.1, 0.15) is 22.7 Å². The first-order valence-electron chi connectivity index (χ1n) is 8.89. The molecule has 0 spiro atoms. The summed E-state index contributed by atoms with van der Waals surface area (Å²) in [6, 6.07) is 7.76. The van der Waals surface area contributed by atoms with E-state index in [0.29, 0.717) is 6.61 Å². The Labute approximate surface area is 158 Å². The number of carbonyl (C=O) groups excluding carboxylic acids is 1. The van der Waals surface area contributed by atoms with Crippen LogP contribution in [0.15, 0.2) is 35.7 Å². The van der Waals surface area contributed by atoms with Crippen LogP contribution in [0.3, 0.4) is 0 Å². The number of aromatic nitrogens is 1. The van der Waals surface area contributed by atoms with Crippen molar-refractivity contribution in [3.05, 3.63) is 52.0 Å². The molecule has 0 radical (unpaired) electrons. The molecule has 0 bridgehead atoms. The van der Waals surface area contributed by atoms with Crippen molar-refractivity contribution < 1.29 is 9.53 Å². The number of hydrogen-bond donors (Lipinski definition) is 0. The van der Waals surface area contributed by atoms with Gasteiger partial charge in [-0.2, -0.15) is 0 Å². The molecule has 2 heterocycles. The van der Waals surface area contributed by atoms with E-state index in [1.807, 2.05) is 47.5 Å². The summed E-state index contributed by atoms with van der Waals surface area (Å²) in [6.45, 7) is 6.07. The molecule has 3 rings (SSSR count). The summed E-state index contributed by atoms with van der Waals surface area (Å²) in [5.41, 5.74) is 1.94. The average Bonchev–Trinajstić information content (AvgIpc) is 2.94. The van der Waals surface area contributed by atoms with E-state index in [4.69, 9.17) is 4.74 Å². The van der Waals surface area contributed by atoms with Crippen LogP contribution < -0.4 is 4.74 Å². The highest BCUT2D eigenvalue weighted by atomic mass is 32.1. The molecule has 6 heteroatoms. The van der Waals surface area contributed by atoms with Gasteiger partial charge < -0.3 is 14.5 Å². The average molecular weight is 372 g/mol. The topological polar surface area (TPSA) is 45.7 Å². The van der Waals surface area contributed by atoms with E-state index in [1.165, 1.54) is 0 Å². The first-order chi connectivity index (χ1) is 12.6. The fraction of sp³-hybridized carbons (Fsp3) is 0.400.